The lowest BCUT2D eigenvalue weighted by molar-refractivity contribution is -0.134. The number of thiophene rings is 1. The molecule has 2 fully saturated rings. The van der Waals surface area contributed by atoms with Gasteiger partial charge in [-0.25, -0.2) is 9.97 Å². The molecule has 0 radical (unpaired) electrons. The number of hydrogen-bond acceptors (Lipinski definition) is 6. The number of nitrogens with zero attached hydrogens (tertiary/aromatic N) is 5. The summed E-state index contributed by atoms with van der Waals surface area (Å²) in [5, 5.41) is 3.10. The molecule has 0 aliphatic carbocycles. The topological polar surface area (TPSA) is 52.6 Å². The number of carbonyl (C=O) groups excluding carboxylic acids is 1. The van der Waals surface area contributed by atoms with Crippen LogP contribution in [-0.4, -0.2) is 71.5 Å². The fourth-order valence-corrected chi connectivity index (χ4v) is 4.25. The molecular weight excluding hydrogens is 310 g/mol. The van der Waals surface area contributed by atoms with Crippen LogP contribution in [0.5, 0.6) is 0 Å². The first kappa shape index (κ1) is 14.8. The highest BCUT2D eigenvalue weighted by atomic mass is 32.1. The van der Waals surface area contributed by atoms with Gasteiger partial charge in [-0.3, -0.25) is 4.79 Å². The van der Waals surface area contributed by atoms with Crippen molar-refractivity contribution in [2.24, 2.45) is 0 Å². The zero-order valence-corrected chi connectivity index (χ0v) is 14.1. The predicted molar refractivity (Wildman–Crippen MR) is 91.9 cm³/mol. The Hall–Kier alpha value is -1.73. The van der Waals surface area contributed by atoms with Crippen molar-refractivity contribution in [2.45, 2.75) is 18.9 Å². The smallest absolute Gasteiger partial charge is 0.245 e. The van der Waals surface area contributed by atoms with Gasteiger partial charge in [-0.1, -0.05) is 0 Å². The second-order valence-corrected chi connectivity index (χ2v) is 7.21. The third-order valence-corrected chi connectivity index (χ3v) is 5.69. The second-order valence-electron chi connectivity index (χ2n) is 6.32. The molecule has 0 spiro atoms. The van der Waals surface area contributed by atoms with Crippen molar-refractivity contribution in [3.8, 4) is 0 Å². The molecule has 0 N–H and O–H groups in total. The van der Waals surface area contributed by atoms with E-state index >= 15 is 0 Å². The summed E-state index contributed by atoms with van der Waals surface area (Å²) in [6.07, 6.45) is 3.57. The lowest BCUT2D eigenvalue weighted by atomic mass is 10.1. The third kappa shape index (κ3) is 2.68. The van der Waals surface area contributed by atoms with Gasteiger partial charge in [0.05, 0.1) is 5.39 Å². The monoisotopic (exact) mass is 331 g/mol. The molecule has 1 unspecified atom stereocenters. The van der Waals surface area contributed by atoms with Crippen LogP contribution < -0.4 is 4.90 Å². The van der Waals surface area contributed by atoms with Gasteiger partial charge < -0.3 is 14.7 Å². The number of likely N-dealkylation sites (N-methyl/N-ethyl adjacent to an activating group) is 1. The van der Waals surface area contributed by atoms with E-state index in [2.05, 4.69) is 32.9 Å². The number of anilines is 1. The van der Waals surface area contributed by atoms with Gasteiger partial charge in [-0.15, -0.1) is 11.3 Å². The van der Waals surface area contributed by atoms with Crippen LogP contribution >= 0.6 is 11.3 Å². The van der Waals surface area contributed by atoms with Crippen molar-refractivity contribution in [3.05, 3.63) is 17.8 Å². The Morgan fingerprint density at radius 2 is 2.04 bits per heavy atom. The third-order valence-electron chi connectivity index (χ3n) is 4.87. The molecule has 2 aliphatic heterocycles. The largest absolute Gasteiger partial charge is 0.344 e. The highest BCUT2D eigenvalue weighted by Crippen LogP contribution is 2.32. The van der Waals surface area contributed by atoms with Gasteiger partial charge in [0.1, 0.15) is 23.0 Å². The average molecular weight is 331 g/mol. The Morgan fingerprint density at radius 1 is 1.22 bits per heavy atom. The Morgan fingerprint density at radius 3 is 2.87 bits per heavy atom. The molecule has 2 aromatic rings. The van der Waals surface area contributed by atoms with E-state index in [1.54, 1.807) is 17.7 Å². The number of aromatic nitrogens is 2. The SMILES string of the molecule is CN1CCN(C(=O)C2CCCN2c2ncnc3sccc23)CC1. The molecule has 0 aromatic carbocycles. The summed E-state index contributed by atoms with van der Waals surface area (Å²) in [6.45, 7) is 4.47. The molecule has 23 heavy (non-hydrogen) atoms. The van der Waals surface area contributed by atoms with Crippen molar-refractivity contribution in [2.75, 3.05) is 44.7 Å². The van der Waals surface area contributed by atoms with Crippen LogP contribution in [0.15, 0.2) is 17.8 Å². The van der Waals surface area contributed by atoms with E-state index in [1.807, 2.05) is 10.3 Å². The summed E-state index contributed by atoms with van der Waals surface area (Å²) in [5.41, 5.74) is 0. The molecule has 4 rings (SSSR count). The summed E-state index contributed by atoms with van der Waals surface area (Å²) in [4.78, 5) is 29.3. The zero-order chi connectivity index (χ0) is 15.8. The first-order valence-electron chi connectivity index (χ1n) is 8.16. The Kier molecular flexibility index (Phi) is 3.90. The fourth-order valence-electron chi connectivity index (χ4n) is 3.52. The maximum atomic E-state index is 13.0. The number of hydrogen-bond donors (Lipinski definition) is 0. The number of carbonyl (C=O) groups is 1. The van der Waals surface area contributed by atoms with Gasteiger partial charge in [-0.05, 0) is 31.3 Å². The number of fused-ring (bicyclic) bond motifs is 1. The maximum absolute atomic E-state index is 13.0. The van der Waals surface area contributed by atoms with Gasteiger partial charge in [0, 0.05) is 32.7 Å². The summed E-state index contributed by atoms with van der Waals surface area (Å²) in [7, 11) is 2.11. The quantitative estimate of drug-likeness (QED) is 0.833. The first-order valence-corrected chi connectivity index (χ1v) is 9.04. The van der Waals surface area contributed by atoms with Gasteiger partial charge in [-0.2, -0.15) is 0 Å². The van der Waals surface area contributed by atoms with E-state index in [0.717, 1.165) is 61.6 Å². The Bertz CT molecular complexity index is 709. The van der Waals surface area contributed by atoms with Crippen molar-refractivity contribution in [1.82, 2.24) is 19.8 Å². The molecule has 6 nitrogen and oxygen atoms in total. The van der Waals surface area contributed by atoms with Crippen LogP contribution in [0.2, 0.25) is 0 Å². The molecule has 1 atom stereocenters. The van der Waals surface area contributed by atoms with Gasteiger partial charge in [0.25, 0.3) is 0 Å². The maximum Gasteiger partial charge on any atom is 0.245 e. The molecule has 2 aromatic heterocycles. The van der Waals surface area contributed by atoms with Crippen LogP contribution in [0.25, 0.3) is 10.2 Å². The minimum atomic E-state index is -0.0728. The molecule has 7 heteroatoms. The van der Waals surface area contributed by atoms with E-state index in [4.69, 9.17) is 0 Å². The standard InChI is InChI=1S/C16H21N5OS/c1-19-6-8-20(9-7-19)16(22)13-3-2-5-21(13)14-12-4-10-23-15(12)18-11-17-14/h4,10-11,13H,2-3,5-9H2,1H3. The van der Waals surface area contributed by atoms with Crippen molar-refractivity contribution >= 4 is 33.3 Å². The summed E-state index contributed by atoms with van der Waals surface area (Å²) in [6, 6.07) is 1.99. The van der Waals surface area contributed by atoms with Gasteiger partial charge in [0.15, 0.2) is 0 Å². The lowest BCUT2D eigenvalue weighted by Gasteiger charge is -2.36. The van der Waals surface area contributed by atoms with E-state index in [0.29, 0.717) is 0 Å². The van der Waals surface area contributed by atoms with E-state index in [1.165, 1.54) is 0 Å². The summed E-state index contributed by atoms with van der Waals surface area (Å²) < 4.78 is 0. The zero-order valence-electron chi connectivity index (χ0n) is 13.3. The van der Waals surface area contributed by atoms with Crippen LogP contribution in [0.1, 0.15) is 12.8 Å². The first-order chi connectivity index (χ1) is 11.2. The minimum absolute atomic E-state index is 0.0728. The molecular formula is C16H21N5OS. The molecule has 122 valence electrons. The number of piperazine rings is 1. The highest BCUT2D eigenvalue weighted by Gasteiger charge is 2.36. The van der Waals surface area contributed by atoms with Crippen LogP contribution in [0.4, 0.5) is 5.82 Å². The molecule has 4 heterocycles. The van der Waals surface area contributed by atoms with E-state index in [-0.39, 0.29) is 11.9 Å². The van der Waals surface area contributed by atoms with Crippen LogP contribution in [-0.2, 0) is 4.79 Å². The summed E-state index contributed by atoms with van der Waals surface area (Å²) >= 11 is 1.62. The minimum Gasteiger partial charge on any atom is -0.344 e. The number of amides is 1. The molecule has 1 amide bonds. The molecule has 0 saturated carbocycles. The highest BCUT2D eigenvalue weighted by molar-refractivity contribution is 7.16. The van der Waals surface area contributed by atoms with Crippen LogP contribution in [0.3, 0.4) is 0 Å². The molecule has 0 bridgehead atoms. The lowest BCUT2D eigenvalue weighted by Crippen LogP contribution is -2.53. The average Bonchev–Trinajstić information content (AvgIpc) is 3.23. The fraction of sp³-hybridized carbons (Fsp3) is 0.562. The van der Waals surface area contributed by atoms with Crippen molar-refractivity contribution in [1.29, 1.82) is 0 Å². The van der Waals surface area contributed by atoms with Crippen molar-refractivity contribution < 1.29 is 4.79 Å². The van der Waals surface area contributed by atoms with Gasteiger partial charge >= 0.3 is 0 Å². The molecule has 2 saturated heterocycles. The van der Waals surface area contributed by atoms with Gasteiger partial charge in [0.2, 0.25) is 5.91 Å². The van der Waals surface area contributed by atoms with E-state index < -0.39 is 0 Å². The Labute approximate surface area is 139 Å². The second kappa shape index (κ2) is 6.05. The Balaban J connectivity index is 1.59. The summed E-state index contributed by atoms with van der Waals surface area (Å²) in [5.74, 6) is 1.18. The molecule has 2 aliphatic rings. The van der Waals surface area contributed by atoms with Crippen LogP contribution in [0, 0.1) is 0 Å². The number of rotatable bonds is 2. The normalized spacial score (nSPS) is 22.9. The van der Waals surface area contributed by atoms with Crippen molar-refractivity contribution in [3.63, 3.8) is 0 Å². The predicted octanol–water partition coefficient (Wildman–Crippen LogP) is 1.43. The van der Waals surface area contributed by atoms with E-state index in [9.17, 15) is 4.79 Å².